The van der Waals surface area contributed by atoms with Crippen LogP contribution in [-0.2, 0) is 12.8 Å². The molecule has 0 aliphatic heterocycles. The van der Waals surface area contributed by atoms with Crippen LogP contribution in [-0.4, -0.2) is 11.6 Å². The molecule has 1 aliphatic rings. The van der Waals surface area contributed by atoms with Crippen molar-refractivity contribution >= 4 is 11.6 Å². The van der Waals surface area contributed by atoms with Crippen LogP contribution in [0.25, 0.3) is 11.1 Å². The highest BCUT2D eigenvalue weighted by Crippen LogP contribution is 2.38. The summed E-state index contributed by atoms with van der Waals surface area (Å²) in [5.41, 5.74) is 5.31. The Kier molecular flexibility index (Phi) is 3.01. The van der Waals surface area contributed by atoms with Crippen molar-refractivity contribution in [1.82, 2.24) is 0 Å². The number of benzene rings is 2. The van der Waals surface area contributed by atoms with E-state index in [2.05, 4.69) is 13.8 Å². The first-order valence-electron chi connectivity index (χ1n) is 7.02. The summed E-state index contributed by atoms with van der Waals surface area (Å²) in [6.07, 6.45) is 1.70. The van der Waals surface area contributed by atoms with Gasteiger partial charge in [-0.3, -0.25) is 9.59 Å². The molecule has 100 valence electrons. The maximum atomic E-state index is 12.3. The molecular formula is C18H16O2. The minimum atomic E-state index is -0.379. The molecule has 0 atom stereocenters. The summed E-state index contributed by atoms with van der Waals surface area (Å²) >= 11 is 0. The van der Waals surface area contributed by atoms with E-state index in [-0.39, 0.29) is 11.6 Å². The van der Waals surface area contributed by atoms with Crippen molar-refractivity contribution in [3.8, 4) is 11.1 Å². The van der Waals surface area contributed by atoms with Crippen molar-refractivity contribution in [1.29, 1.82) is 0 Å². The summed E-state index contributed by atoms with van der Waals surface area (Å²) in [4.78, 5) is 24.6. The van der Waals surface area contributed by atoms with E-state index in [4.69, 9.17) is 0 Å². The Morgan fingerprint density at radius 1 is 0.700 bits per heavy atom. The van der Waals surface area contributed by atoms with Crippen molar-refractivity contribution in [3.05, 3.63) is 58.7 Å². The van der Waals surface area contributed by atoms with Gasteiger partial charge in [-0.25, -0.2) is 0 Å². The van der Waals surface area contributed by atoms with Gasteiger partial charge in [0.15, 0.2) is 0 Å². The maximum Gasteiger partial charge on any atom is 0.234 e. The van der Waals surface area contributed by atoms with Crippen LogP contribution in [0, 0.1) is 0 Å². The summed E-state index contributed by atoms with van der Waals surface area (Å²) in [6, 6.07) is 11.3. The second-order valence-corrected chi connectivity index (χ2v) is 5.04. The molecule has 0 N–H and O–H groups in total. The zero-order valence-corrected chi connectivity index (χ0v) is 11.7. The highest BCUT2D eigenvalue weighted by Gasteiger charge is 2.32. The van der Waals surface area contributed by atoms with E-state index in [9.17, 15) is 9.59 Å². The average Bonchev–Trinajstić information content (AvgIpc) is 2.50. The summed E-state index contributed by atoms with van der Waals surface area (Å²) in [6.45, 7) is 4.15. The van der Waals surface area contributed by atoms with E-state index in [1.807, 2.05) is 24.3 Å². The Balaban J connectivity index is 2.45. The first-order chi connectivity index (χ1) is 9.69. The van der Waals surface area contributed by atoms with Gasteiger partial charge in [-0.2, -0.15) is 0 Å². The quantitative estimate of drug-likeness (QED) is 0.772. The number of hydrogen-bond acceptors (Lipinski definition) is 2. The Morgan fingerprint density at radius 2 is 1.10 bits per heavy atom. The molecule has 0 bridgehead atoms. The zero-order valence-electron chi connectivity index (χ0n) is 11.7. The second kappa shape index (κ2) is 4.71. The molecule has 0 unspecified atom stereocenters. The summed E-state index contributed by atoms with van der Waals surface area (Å²) < 4.78 is 0. The molecule has 0 heterocycles. The molecule has 0 aromatic heterocycles. The standard InChI is InChI=1S/C18H16O2/c1-3-11-7-5-9-13-15(11)16-12(4-2)8-6-10-14(16)18(20)17(13)19/h5-10H,3-4H2,1-2H3. The topological polar surface area (TPSA) is 34.1 Å². The molecule has 20 heavy (non-hydrogen) atoms. The number of carbonyl (C=O) groups is 2. The average molecular weight is 264 g/mol. The van der Waals surface area contributed by atoms with Crippen molar-refractivity contribution in [3.63, 3.8) is 0 Å². The molecule has 0 radical (unpaired) electrons. The number of carbonyl (C=O) groups excluding carboxylic acids is 2. The number of fused-ring (bicyclic) bond motifs is 3. The van der Waals surface area contributed by atoms with Gasteiger partial charge in [0.1, 0.15) is 0 Å². The molecular weight excluding hydrogens is 248 g/mol. The van der Waals surface area contributed by atoms with Crippen LogP contribution in [0.4, 0.5) is 0 Å². The molecule has 3 rings (SSSR count). The van der Waals surface area contributed by atoms with Crippen LogP contribution >= 0.6 is 0 Å². The number of Topliss-reactive ketones (excluding diaryl/α,β-unsaturated/α-hetero) is 2. The van der Waals surface area contributed by atoms with Gasteiger partial charge >= 0.3 is 0 Å². The van der Waals surface area contributed by atoms with Crippen LogP contribution in [0.3, 0.4) is 0 Å². The lowest BCUT2D eigenvalue weighted by atomic mass is 9.78. The van der Waals surface area contributed by atoms with Crippen molar-refractivity contribution in [2.24, 2.45) is 0 Å². The van der Waals surface area contributed by atoms with E-state index in [0.29, 0.717) is 11.1 Å². The molecule has 2 aromatic rings. The van der Waals surface area contributed by atoms with Gasteiger partial charge in [0.2, 0.25) is 11.6 Å². The molecule has 0 spiro atoms. The third kappa shape index (κ3) is 1.64. The van der Waals surface area contributed by atoms with Crippen LogP contribution in [0.1, 0.15) is 45.7 Å². The third-order valence-corrected chi connectivity index (χ3v) is 4.01. The number of hydrogen-bond donors (Lipinski definition) is 0. The van der Waals surface area contributed by atoms with Gasteiger partial charge in [0.25, 0.3) is 0 Å². The Hall–Kier alpha value is -2.22. The van der Waals surface area contributed by atoms with Crippen LogP contribution in [0.5, 0.6) is 0 Å². The fourth-order valence-corrected chi connectivity index (χ4v) is 3.00. The summed E-state index contributed by atoms with van der Waals surface area (Å²) in [5.74, 6) is -0.757. The number of ketones is 2. The molecule has 1 aliphatic carbocycles. The van der Waals surface area contributed by atoms with Gasteiger partial charge in [0.05, 0.1) is 0 Å². The van der Waals surface area contributed by atoms with Gasteiger partial charge in [0, 0.05) is 11.1 Å². The Labute approximate surface area is 118 Å². The zero-order chi connectivity index (χ0) is 14.3. The normalized spacial score (nSPS) is 13.1. The van der Waals surface area contributed by atoms with E-state index in [0.717, 1.165) is 35.1 Å². The fraction of sp³-hybridized carbons (Fsp3) is 0.222. The first kappa shape index (κ1) is 12.8. The highest BCUT2D eigenvalue weighted by molar-refractivity contribution is 6.53. The van der Waals surface area contributed by atoms with E-state index < -0.39 is 0 Å². The van der Waals surface area contributed by atoms with Crippen molar-refractivity contribution in [2.45, 2.75) is 26.7 Å². The number of aryl methyl sites for hydroxylation is 2. The van der Waals surface area contributed by atoms with E-state index >= 15 is 0 Å². The van der Waals surface area contributed by atoms with Crippen LogP contribution in [0.2, 0.25) is 0 Å². The lowest BCUT2D eigenvalue weighted by Gasteiger charge is -2.23. The monoisotopic (exact) mass is 264 g/mol. The lowest BCUT2D eigenvalue weighted by molar-refractivity contribution is 0.0815. The third-order valence-electron chi connectivity index (χ3n) is 4.01. The van der Waals surface area contributed by atoms with Crippen LogP contribution in [0.15, 0.2) is 36.4 Å². The fourth-order valence-electron chi connectivity index (χ4n) is 3.00. The molecule has 0 fully saturated rings. The molecule has 2 nitrogen and oxygen atoms in total. The summed E-state index contributed by atoms with van der Waals surface area (Å²) in [7, 11) is 0. The van der Waals surface area contributed by atoms with Gasteiger partial charge in [-0.15, -0.1) is 0 Å². The maximum absolute atomic E-state index is 12.3. The molecule has 0 saturated heterocycles. The smallest absolute Gasteiger partial charge is 0.234 e. The predicted molar refractivity (Wildman–Crippen MR) is 79.3 cm³/mol. The van der Waals surface area contributed by atoms with Crippen LogP contribution < -0.4 is 0 Å². The van der Waals surface area contributed by atoms with Gasteiger partial charge in [-0.05, 0) is 35.1 Å². The van der Waals surface area contributed by atoms with E-state index in [1.54, 1.807) is 12.1 Å². The number of rotatable bonds is 2. The van der Waals surface area contributed by atoms with Crippen molar-refractivity contribution < 1.29 is 9.59 Å². The molecule has 0 saturated carbocycles. The SMILES string of the molecule is CCc1cccc2c1-c1c(CC)cccc1C(=O)C2=O. The second-order valence-electron chi connectivity index (χ2n) is 5.04. The summed E-state index contributed by atoms with van der Waals surface area (Å²) in [5, 5.41) is 0. The first-order valence-corrected chi connectivity index (χ1v) is 7.02. The molecule has 0 amide bonds. The van der Waals surface area contributed by atoms with Gasteiger partial charge < -0.3 is 0 Å². The molecule has 2 heteroatoms. The molecule has 2 aromatic carbocycles. The highest BCUT2D eigenvalue weighted by atomic mass is 16.2. The van der Waals surface area contributed by atoms with E-state index in [1.165, 1.54) is 0 Å². The minimum Gasteiger partial charge on any atom is -0.285 e. The minimum absolute atomic E-state index is 0.379. The largest absolute Gasteiger partial charge is 0.285 e. The lowest BCUT2D eigenvalue weighted by Crippen LogP contribution is -2.22. The van der Waals surface area contributed by atoms with Gasteiger partial charge in [-0.1, -0.05) is 50.2 Å². The predicted octanol–water partition coefficient (Wildman–Crippen LogP) is 3.86. The van der Waals surface area contributed by atoms with Crippen molar-refractivity contribution in [2.75, 3.05) is 0 Å². The Bertz CT molecular complexity index is 663. The Morgan fingerprint density at radius 3 is 1.45 bits per heavy atom.